The molecule has 0 saturated heterocycles. The van der Waals surface area contributed by atoms with E-state index in [1.54, 1.807) is 53.9 Å². The second kappa shape index (κ2) is 9.75. The molecule has 1 aromatic heterocycles. The molecule has 0 aliphatic rings. The van der Waals surface area contributed by atoms with Crippen LogP contribution in [0, 0.1) is 0 Å². The molecule has 0 bridgehead atoms. The van der Waals surface area contributed by atoms with Crippen molar-refractivity contribution in [1.82, 2.24) is 4.98 Å². The Hall–Kier alpha value is -3.59. The number of hydrogen-bond acceptors (Lipinski definition) is 6. The van der Waals surface area contributed by atoms with Gasteiger partial charge >= 0.3 is 12.6 Å². The number of ether oxygens (including phenoxy) is 2. The highest BCUT2D eigenvalue weighted by molar-refractivity contribution is 7.14. The average Bonchev–Trinajstić information content (AvgIpc) is 3.20. The van der Waals surface area contributed by atoms with Gasteiger partial charge in [-0.05, 0) is 35.9 Å². The lowest BCUT2D eigenvalue weighted by molar-refractivity contribution is -0.111. The zero-order chi connectivity index (χ0) is 21.5. The van der Waals surface area contributed by atoms with Crippen LogP contribution in [-0.4, -0.2) is 30.6 Å². The van der Waals surface area contributed by atoms with Crippen molar-refractivity contribution in [3.63, 3.8) is 0 Å². The molecule has 9 heteroatoms. The Morgan fingerprint density at radius 3 is 2.57 bits per heavy atom. The van der Waals surface area contributed by atoms with Gasteiger partial charge in [-0.2, -0.15) is 8.78 Å². The van der Waals surface area contributed by atoms with Crippen LogP contribution < -0.4 is 10.1 Å². The first-order valence-electron chi connectivity index (χ1n) is 8.63. The fraction of sp³-hybridized carbons (Fsp3) is 0.0952. The Labute approximate surface area is 174 Å². The van der Waals surface area contributed by atoms with Crippen LogP contribution in [0.25, 0.3) is 17.3 Å². The molecule has 0 aliphatic heterocycles. The van der Waals surface area contributed by atoms with E-state index in [1.807, 2.05) is 0 Å². The molecular formula is C21H16F2N2O4S. The molecule has 3 aromatic rings. The number of hydrogen-bond donors (Lipinski definition) is 1. The van der Waals surface area contributed by atoms with Crippen LogP contribution >= 0.6 is 11.3 Å². The van der Waals surface area contributed by atoms with Crippen LogP contribution in [0.3, 0.4) is 0 Å². The number of nitrogens with one attached hydrogen (secondary N) is 1. The summed E-state index contributed by atoms with van der Waals surface area (Å²) >= 11 is 1.16. The van der Waals surface area contributed by atoms with Crippen molar-refractivity contribution in [3.05, 3.63) is 71.1 Å². The number of nitrogens with zero attached hydrogens (tertiary/aromatic N) is 1. The quantitative estimate of drug-likeness (QED) is 0.428. The number of anilines is 1. The molecule has 2 aromatic carbocycles. The fourth-order valence-electron chi connectivity index (χ4n) is 2.50. The van der Waals surface area contributed by atoms with Gasteiger partial charge in [0.15, 0.2) is 5.13 Å². The number of alkyl halides is 2. The Morgan fingerprint density at radius 1 is 1.13 bits per heavy atom. The predicted octanol–water partition coefficient (Wildman–Crippen LogP) is 4.85. The van der Waals surface area contributed by atoms with Crippen molar-refractivity contribution in [3.8, 4) is 17.0 Å². The predicted molar refractivity (Wildman–Crippen MR) is 110 cm³/mol. The first kappa shape index (κ1) is 21.1. The van der Waals surface area contributed by atoms with Crippen LogP contribution in [0.1, 0.15) is 15.9 Å². The smallest absolute Gasteiger partial charge is 0.387 e. The van der Waals surface area contributed by atoms with E-state index in [-0.39, 0.29) is 5.75 Å². The van der Waals surface area contributed by atoms with Gasteiger partial charge in [0.2, 0.25) is 5.91 Å². The number of carbonyl (C=O) groups excluding carboxylic acids is 2. The third-order valence-corrected chi connectivity index (χ3v) is 4.63. The number of esters is 1. The standard InChI is InChI=1S/C21H16F2N2O4S/c1-28-19(27)14-9-6-13(7-10-14)8-11-18(26)25-21-24-16(12-30-21)15-4-2-3-5-17(15)29-20(22)23/h2-12,20H,1H3,(H,24,25,26)/b11-8+. The second-order valence-corrected chi connectivity index (χ2v) is 6.71. The Kier molecular flexibility index (Phi) is 6.87. The van der Waals surface area contributed by atoms with Crippen molar-refractivity contribution < 1.29 is 27.8 Å². The molecule has 6 nitrogen and oxygen atoms in total. The largest absolute Gasteiger partial charge is 0.465 e. The highest BCUT2D eigenvalue weighted by Gasteiger charge is 2.14. The summed E-state index contributed by atoms with van der Waals surface area (Å²) < 4.78 is 34.3. The highest BCUT2D eigenvalue weighted by Crippen LogP contribution is 2.33. The van der Waals surface area contributed by atoms with Gasteiger partial charge < -0.3 is 9.47 Å². The molecule has 0 spiro atoms. The van der Waals surface area contributed by atoms with E-state index in [0.717, 1.165) is 16.9 Å². The lowest BCUT2D eigenvalue weighted by Crippen LogP contribution is -2.07. The van der Waals surface area contributed by atoms with E-state index in [2.05, 4.69) is 19.8 Å². The molecule has 0 fully saturated rings. The van der Waals surface area contributed by atoms with E-state index in [4.69, 9.17) is 0 Å². The summed E-state index contributed by atoms with van der Waals surface area (Å²) in [6, 6.07) is 12.8. The minimum atomic E-state index is -2.95. The first-order valence-corrected chi connectivity index (χ1v) is 9.51. The number of aromatic nitrogens is 1. The summed E-state index contributed by atoms with van der Waals surface area (Å²) in [7, 11) is 1.30. The number of benzene rings is 2. The van der Waals surface area contributed by atoms with Gasteiger partial charge in [-0.1, -0.05) is 24.3 Å². The van der Waals surface area contributed by atoms with Gasteiger partial charge in [-0.3, -0.25) is 10.1 Å². The molecule has 0 atom stereocenters. The first-order chi connectivity index (χ1) is 14.5. The van der Waals surface area contributed by atoms with Crippen molar-refractivity contribution in [1.29, 1.82) is 0 Å². The van der Waals surface area contributed by atoms with Crippen molar-refractivity contribution in [2.45, 2.75) is 6.61 Å². The Balaban J connectivity index is 1.65. The van der Waals surface area contributed by atoms with E-state index in [1.165, 1.54) is 19.3 Å². The van der Waals surface area contributed by atoms with Crippen LogP contribution in [0.5, 0.6) is 5.75 Å². The summed E-state index contributed by atoms with van der Waals surface area (Å²) in [4.78, 5) is 27.8. The number of halogens is 2. The molecular weight excluding hydrogens is 414 g/mol. The SMILES string of the molecule is COC(=O)c1ccc(/C=C/C(=O)Nc2nc(-c3ccccc3OC(F)F)cs2)cc1. The van der Waals surface area contributed by atoms with Crippen LogP contribution in [0.15, 0.2) is 60.0 Å². The molecule has 0 unspecified atom stereocenters. The van der Waals surface area contributed by atoms with Crippen molar-refractivity contribution >= 4 is 34.4 Å². The number of para-hydroxylation sites is 1. The van der Waals surface area contributed by atoms with Crippen LogP contribution in [0.4, 0.5) is 13.9 Å². The molecule has 1 amide bonds. The molecule has 0 saturated carbocycles. The molecule has 1 N–H and O–H groups in total. The van der Waals surface area contributed by atoms with Gasteiger partial charge in [0, 0.05) is 17.0 Å². The summed E-state index contributed by atoms with van der Waals surface area (Å²) in [5, 5.41) is 4.57. The van der Waals surface area contributed by atoms with Crippen LogP contribution in [-0.2, 0) is 9.53 Å². The van der Waals surface area contributed by atoms with Gasteiger partial charge in [0.05, 0.1) is 18.4 Å². The summed E-state index contributed by atoms with van der Waals surface area (Å²) in [5.41, 5.74) is 1.94. The van der Waals surface area contributed by atoms with E-state index in [0.29, 0.717) is 22.0 Å². The maximum Gasteiger partial charge on any atom is 0.387 e. The molecule has 30 heavy (non-hydrogen) atoms. The third kappa shape index (κ3) is 5.48. The summed E-state index contributed by atoms with van der Waals surface area (Å²) in [6.07, 6.45) is 2.90. The van der Waals surface area contributed by atoms with Gasteiger partial charge in [-0.15, -0.1) is 11.3 Å². The molecule has 0 aliphatic carbocycles. The monoisotopic (exact) mass is 430 g/mol. The zero-order valence-corrected chi connectivity index (χ0v) is 16.5. The minimum Gasteiger partial charge on any atom is -0.465 e. The lowest BCUT2D eigenvalue weighted by Gasteiger charge is -2.08. The second-order valence-electron chi connectivity index (χ2n) is 5.85. The molecule has 3 rings (SSSR count). The zero-order valence-electron chi connectivity index (χ0n) is 15.7. The number of carbonyl (C=O) groups is 2. The van der Waals surface area contributed by atoms with Crippen molar-refractivity contribution in [2.24, 2.45) is 0 Å². The third-order valence-electron chi connectivity index (χ3n) is 3.87. The normalized spacial score (nSPS) is 10.9. The van der Waals surface area contributed by atoms with Crippen LogP contribution in [0.2, 0.25) is 0 Å². The maximum absolute atomic E-state index is 12.6. The number of methoxy groups -OCH3 is 1. The number of rotatable bonds is 7. The van der Waals surface area contributed by atoms with E-state index >= 15 is 0 Å². The minimum absolute atomic E-state index is 0.00553. The number of thiazole rings is 1. The fourth-order valence-corrected chi connectivity index (χ4v) is 3.21. The van der Waals surface area contributed by atoms with E-state index < -0.39 is 18.5 Å². The maximum atomic E-state index is 12.6. The highest BCUT2D eigenvalue weighted by atomic mass is 32.1. The van der Waals surface area contributed by atoms with Crippen molar-refractivity contribution in [2.75, 3.05) is 12.4 Å². The van der Waals surface area contributed by atoms with E-state index in [9.17, 15) is 18.4 Å². The topological polar surface area (TPSA) is 77.5 Å². The number of amides is 1. The van der Waals surface area contributed by atoms with Gasteiger partial charge in [0.1, 0.15) is 5.75 Å². The lowest BCUT2D eigenvalue weighted by atomic mass is 10.1. The Bertz CT molecular complexity index is 1060. The molecule has 0 radical (unpaired) electrons. The van der Waals surface area contributed by atoms with Gasteiger partial charge in [0.25, 0.3) is 0 Å². The molecule has 154 valence electrons. The average molecular weight is 430 g/mol. The Morgan fingerprint density at radius 2 is 1.87 bits per heavy atom. The summed E-state index contributed by atoms with van der Waals surface area (Å²) in [5.74, 6) is -0.848. The van der Waals surface area contributed by atoms with Gasteiger partial charge in [-0.25, -0.2) is 9.78 Å². The molecule has 1 heterocycles. The summed E-state index contributed by atoms with van der Waals surface area (Å²) in [6.45, 7) is -2.95.